The Labute approximate surface area is 141 Å². The van der Waals surface area contributed by atoms with Crippen LogP contribution in [0.1, 0.15) is 12.8 Å². The molecule has 1 atom stereocenters. The van der Waals surface area contributed by atoms with Gasteiger partial charge in [-0.05, 0) is 17.8 Å². The van der Waals surface area contributed by atoms with E-state index < -0.39 is 4.92 Å². The average Bonchev–Trinajstić information content (AvgIpc) is 3.30. The van der Waals surface area contributed by atoms with E-state index in [1.807, 2.05) is 4.90 Å². The standard InChI is InChI=1S/C14H17N5O4S/c20-13(10-2-1-8-23-10)17-5-3-16(4-6-17)11-12(19(21)22)18-7-9-24-14(18)15-11/h7,9-10H,1-6,8H2. The molecule has 4 rings (SSSR count). The second kappa shape index (κ2) is 6.02. The first-order valence-electron chi connectivity index (χ1n) is 7.90. The van der Waals surface area contributed by atoms with Gasteiger partial charge in [0.1, 0.15) is 12.3 Å². The van der Waals surface area contributed by atoms with Crippen LogP contribution in [0.15, 0.2) is 11.6 Å². The van der Waals surface area contributed by atoms with Crippen LogP contribution in [0.4, 0.5) is 11.6 Å². The molecule has 2 fully saturated rings. The molecule has 4 heterocycles. The maximum absolute atomic E-state index is 12.4. The van der Waals surface area contributed by atoms with E-state index in [-0.39, 0.29) is 17.8 Å². The Kier molecular flexibility index (Phi) is 3.85. The molecule has 128 valence electrons. The van der Waals surface area contributed by atoms with Crippen LogP contribution in [-0.4, -0.2) is 64.0 Å². The van der Waals surface area contributed by atoms with E-state index in [9.17, 15) is 14.9 Å². The predicted octanol–water partition coefficient (Wildman–Crippen LogP) is 1.13. The van der Waals surface area contributed by atoms with Gasteiger partial charge < -0.3 is 24.7 Å². The summed E-state index contributed by atoms with van der Waals surface area (Å²) in [6.45, 7) is 2.77. The molecular weight excluding hydrogens is 334 g/mol. The van der Waals surface area contributed by atoms with Crippen molar-refractivity contribution < 1.29 is 14.5 Å². The Hall–Kier alpha value is -2.20. The third-order valence-electron chi connectivity index (χ3n) is 4.49. The number of imidazole rings is 1. The number of aromatic nitrogens is 2. The molecule has 10 heteroatoms. The van der Waals surface area contributed by atoms with Crippen molar-refractivity contribution in [2.75, 3.05) is 37.7 Å². The molecule has 2 aromatic heterocycles. The zero-order chi connectivity index (χ0) is 16.7. The third kappa shape index (κ3) is 2.51. The van der Waals surface area contributed by atoms with E-state index in [2.05, 4.69) is 4.98 Å². The van der Waals surface area contributed by atoms with E-state index in [0.717, 1.165) is 12.8 Å². The summed E-state index contributed by atoms with van der Waals surface area (Å²) >= 11 is 1.37. The van der Waals surface area contributed by atoms with Gasteiger partial charge in [0, 0.05) is 38.2 Å². The Morgan fingerprint density at radius 3 is 2.83 bits per heavy atom. The lowest BCUT2D eigenvalue weighted by Gasteiger charge is -2.35. The number of ether oxygens (including phenoxy) is 1. The summed E-state index contributed by atoms with van der Waals surface area (Å²) in [5, 5.41) is 13.2. The zero-order valence-corrected chi connectivity index (χ0v) is 13.8. The Morgan fingerprint density at radius 2 is 2.17 bits per heavy atom. The number of nitro groups is 1. The molecule has 0 saturated carbocycles. The highest BCUT2D eigenvalue weighted by molar-refractivity contribution is 7.15. The second-order valence-electron chi connectivity index (χ2n) is 5.89. The van der Waals surface area contributed by atoms with Gasteiger partial charge in [-0.15, -0.1) is 0 Å². The molecule has 2 saturated heterocycles. The van der Waals surface area contributed by atoms with Crippen LogP contribution in [0, 0.1) is 10.1 Å². The predicted molar refractivity (Wildman–Crippen MR) is 87.5 cm³/mol. The highest BCUT2D eigenvalue weighted by Gasteiger charge is 2.33. The first kappa shape index (κ1) is 15.3. The topological polar surface area (TPSA) is 93.2 Å². The molecule has 24 heavy (non-hydrogen) atoms. The molecule has 2 aliphatic rings. The number of piperazine rings is 1. The van der Waals surface area contributed by atoms with Crippen molar-refractivity contribution in [1.82, 2.24) is 14.3 Å². The van der Waals surface area contributed by atoms with Gasteiger partial charge in [-0.25, -0.2) is 0 Å². The fourth-order valence-electron chi connectivity index (χ4n) is 3.26. The highest BCUT2D eigenvalue weighted by Crippen LogP contribution is 2.31. The minimum atomic E-state index is -0.397. The summed E-state index contributed by atoms with van der Waals surface area (Å²) in [5.41, 5.74) is 0. The van der Waals surface area contributed by atoms with Gasteiger partial charge in [-0.2, -0.15) is 9.38 Å². The van der Waals surface area contributed by atoms with Gasteiger partial charge in [-0.1, -0.05) is 11.3 Å². The SMILES string of the molecule is O=C(C1CCCO1)N1CCN(c2nc3sccn3c2[N+](=O)[O-])CC1. The molecule has 0 radical (unpaired) electrons. The monoisotopic (exact) mass is 351 g/mol. The summed E-state index contributed by atoms with van der Waals surface area (Å²) in [5.74, 6) is 0.411. The number of fused-ring (bicyclic) bond motifs is 1. The van der Waals surface area contributed by atoms with Gasteiger partial charge in [0.15, 0.2) is 0 Å². The van der Waals surface area contributed by atoms with Gasteiger partial charge in [-0.3, -0.25) is 4.79 Å². The fourth-order valence-corrected chi connectivity index (χ4v) is 3.96. The molecule has 0 bridgehead atoms. The minimum Gasteiger partial charge on any atom is -0.368 e. The molecule has 2 aliphatic heterocycles. The van der Waals surface area contributed by atoms with Gasteiger partial charge in [0.2, 0.25) is 5.82 Å². The van der Waals surface area contributed by atoms with E-state index in [1.165, 1.54) is 15.7 Å². The number of anilines is 1. The second-order valence-corrected chi connectivity index (χ2v) is 6.76. The van der Waals surface area contributed by atoms with Crippen LogP contribution in [0.5, 0.6) is 0 Å². The highest BCUT2D eigenvalue weighted by atomic mass is 32.1. The van der Waals surface area contributed by atoms with Gasteiger partial charge >= 0.3 is 5.82 Å². The number of nitrogens with zero attached hydrogens (tertiary/aromatic N) is 5. The normalized spacial score (nSPS) is 21.6. The first-order valence-corrected chi connectivity index (χ1v) is 8.78. The number of thiazole rings is 1. The van der Waals surface area contributed by atoms with E-state index >= 15 is 0 Å². The van der Waals surface area contributed by atoms with Crippen LogP contribution in [0.2, 0.25) is 0 Å². The van der Waals surface area contributed by atoms with E-state index in [4.69, 9.17) is 4.74 Å². The lowest BCUT2D eigenvalue weighted by molar-refractivity contribution is -0.389. The number of amides is 1. The molecule has 2 aromatic rings. The zero-order valence-electron chi connectivity index (χ0n) is 13.0. The van der Waals surface area contributed by atoms with Crippen molar-refractivity contribution in [3.63, 3.8) is 0 Å². The number of carbonyl (C=O) groups excluding carboxylic acids is 1. The van der Waals surface area contributed by atoms with Crippen molar-refractivity contribution in [2.45, 2.75) is 18.9 Å². The number of hydrogen-bond donors (Lipinski definition) is 0. The summed E-state index contributed by atoms with van der Waals surface area (Å²) in [6, 6.07) is 0. The van der Waals surface area contributed by atoms with Crippen LogP contribution in [-0.2, 0) is 9.53 Å². The van der Waals surface area contributed by atoms with Gasteiger partial charge in [0.05, 0.1) is 0 Å². The molecule has 0 aromatic carbocycles. The van der Waals surface area contributed by atoms with Crippen molar-refractivity contribution >= 4 is 33.8 Å². The molecular formula is C14H17N5O4S. The molecule has 9 nitrogen and oxygen atoms in total. The lowest BCUT2D eigenvalue weighted by atomic mass is 10.2. The fraction of sp³-hybridized carbons (Fsp3) is 0.571. The number of hydrogen-bond acceptors (Lipinski definition) is 7. The molecule has 1 unspecified atom stereocenters. The van der Waals surface area contributed by atoms with Crippen LogP contribution in [0.3, 0.4) is 0 Å². The maximum atomic E-state index is 12.4. The number of rotatable bonds is 3. The van der Waals surface area contributed by atoms with Crippen molar-refractivity contribution in [3.05, 3.63) is 21.7 Å². The summed E-state index contributed by atoms with van der Waals surface area (Å²) in [6.07, 6.45) is 3.05. The van der Waals surface area contributed by atoms with Crippen LogP contribution in [0.25, 0.3) is 4.96 Å². The molecule has 0 N–H and O–H groups in total. The van der Waals surface area contributed by atoms with Crippen molar-refractivity contribution in [3.8, 4) is 0 Å². The smallest absolute Gasteiger partial charge is 0.368 e. The Morgan fingerprint density at radius 1 is 1.38 bits per heavy atom. The quantitative estimate of drug-likeness (QED) is 0.608. The summed E-state index contributed by atoms with van der Waals surface area (Å²) in [4.78, 5) is 32.1. The minimum absolute atomic E-state index is 0.00912. The molecule has 0 spiro atoms. The largest absolute Gasteiger partial charge is 0.373 e. The van der Waals surface area contributed by atoms with Crippen LogP contribution >= 0.6 is 11.3 Å². The molecule has 0 aliphatic carbocycles. The first-order chi connectivity index (χ1) is 11.6. The van der Waals surface area contributed by atoms with Crippen LogP contribution < -0.4 is 4.90 Å². The van der Waals surface area contributed by atoms with E-state index in [1.54, 1.807) is 16.5 Å². The van der Waals surface area contributed by atoms with Crippen molar-refractivity contribution in [1.29, 1.82) is 0 Å². The van der Waals surface area contributed by atoms with E-state index in [0.29, 0.717) is 43.6 Å². The van der Waals surface area contributed by atoms with Gasteiger partial charge in [0.25, 0.3) is 10.9 Å². The summed E-state index contributed by atoms with van der Waals surface area (Å²) in [7, 11) is 0. The molecule has 1 amide bonds. The third-order valence-corrected chi connectivity index (χ3v) is 5.24. The maximum Gasteiger partial charge on any atom is 0.373 e. The summed E-state index contributed by atoms with van der Waals surface area (Å²) < 4.78 is 6.95. The van der Waals surface area contributed by atoms with Crippen molar-refractivity contribution in [2.24, 2.45) is 0 Å². The lowest BCUT2D eigenvalue weighted by Crippen LogP contribution is -2.51. The Balaban J connectivity index is 1.50. The Bertz CT molecular complexity index is 773. The average molecular weight is 351 g/mol. The number of carbonyl (C=O) groups is 1.